The molecular weight excluding hydrogens is 378 g/mol. The number of rotatable bonds is 6. The van der Waals surface area contributed by atoms with Crippen LogP contribution in [0.1, 0.15) is 54.5 Å². The Kier molecular flexibility index (Phi) is 5.62. The van der Waals surface area contributed by atoms with Crippen molar-refractivity contribution < 1.29 is 0 Å². The molecule has 1 fully saturated rings. The predicted molar refractivity (Wildman–Crippen MR) is 120 cm³/mol. The van der Waals surface area contributed by atoms with Gasteiger partial charge in [-0.25, -0.2) is 0 Å². The third kappa shape index (κ3) is 3.65. The van der Waals surface area contributed by atoms with Gasteiger partial charge in [0.2, 0.25) is 0 Å². The Morgan fingerprint density at radius 3 is 2.69 bits per heavy atom. The Balaban J connectivity index is 1.81. The van der Waals surface area contributed by atoms with E-state index in [0.29, 0.717) is 0 Å². The molecule has 4 rings (SSSR count). The third-order valence-corrected chi connectivity index (χ3v) is 6.00. The fraction of sp³-hybridized carbons (Fsp3) is 0.348. The minimum Gasteiger partial charge on any atom is -0.352 e. The number of unbranched alkanes of at least 4 members (excludes halogenated alkanes) is 1. The summed E-state index contributed by atoms with van der Waals surface area (Å²) in [5, 5.41) is 4.36. The van der Waals surface area contributed by atoms with Crippen molar-refractivity contribution in [3.05, 3.63) is 77.6 Å². The second-order valence-electron chi connectivity index (χ2n) is 7.55. The molecular formula is C23H27N5S. The highest BCUT2D eigenvalue weighted by molar-refractivity contribution is 7.80. The highest BCUT2D eigenvalue weighted by Crippen LogP contribution is 2.41. The number of hydrogen-bond donors (Lipinski definition) is 1. The maximum absolute atomic E-state index is 5.75. The number of aromatic nitrogens is 3. The summed E-state index contributed by atoms with van der Waals surface area (Å²) in [7, 11) is 0. The van der Waals surface area contributed by atoms with Crippen molar-refractivity contribution in [1.82, 2.24) is 24.8 Å². The molecule has 0 unspecified atom stereocenters. The lowest BCUT2D eigenvalue weighted by Gasteiger charge is -2.28. The van der Waals surface area contributed by atoms with Crippen LogP contribution in [-0.4, -0.2) is 31.1 Å². The molecule has 2 atom stereocenters. The van der Waals surface area contributed by atoms with Gasteiger partial charge in [0.05, 0.1) is 29.7 Å². The summed E-state index contributed by atoms with van der Waals surface area (Å²) in [4.78, 5) is 11.3. The predicted octanol–water partition coefficient (Wildman–Crippen LogP) is 4.66. The monoisotopic (exact) mass is 405 g/mol. The molecule has 0 aliphatic carbocycles. The van der Waals surface area contributed by atoms with E-state index in [1.54, 1.807) is 0 Å². The number of thiocarbonyl (C=S) groups is 1. The van der Waals surface area contributed by atoms with Gasteiger partial charge >= 0.3 is 0 Å². The molecule has 0 aromatic carbocycles. The Hall–Kier alpha value is -2.73. The van der Waals surface area contributed by atoms with Gasteiger partial charge in [0.25, 0.3) is 0 Å². The third-order valence-electron chi connectivity index (χ3n) is 5.64. The molecule has 29 heavy (non-hydrogen) atoms. The van der Waals surface area contributed by atoms with Gasteiger partial charge in [0, 0.05) is 30.3 Å². The first-order valence-corrected chi connectivity index (χ1v) is 10.6. The van der Waals surface area contributed by atoms with Gasteiger partial charge in [0.1, 0.15) is 0 Å². The molecule has 0 spiro atoms. The lowest BCUT2D eigenvalue weighted by Crippen LogP contribution is -2.30. The summed E-state index contributed by atoms with van der Waals surface area (Å²) in [6.07, 6.45) is 7.81. The highest BCUT2D eigenvalue weighted by Gasteiger charge is 2.41. The summed E-state index contributed by atoms with van der Waals surface area (Å²) in [5.74, 6) is 0. The number of aryl methyl sites for hydroxylation is 1. The largest absolute Gasteiger partial charge is 0.352 e. The van der Waals surface area contributed by atoms with E-state index in [1.165, 1.54) is 17.0 Å². The van der Waals surface area contributed by atoms with E-state index >= 15 is 0 Å². The van der Waals surface area contributed by atoms with Crippen molar-refractivity contribution in [2.75, 3.05) is 6.54 Å². The van der Waals surface area contributed by atoms with Gasteiger partial charge in [-0.3, -0.25) is 9.97 Å². The quantitative estimate of drug-likeness (QED) is 0.605. The van der Waals surface area contributed by atoms with E-state index in [2.05, 4.69) is 63.7 Å². The minimum absolute atomic E-state index is 0.0309. The van der Waals surface area contributed by atoms with Crippen LogP contribution in [0, 0.1) is 13.8 Å². The average molecular weight is 406 g/mol. The van der Waals surface area contributed by atoms with Gasteiger partial charge in [-0.2, -0.15) is 0 Å². The van der Waals surface area contributed by atoms with Crippen LogP contribution in [0.3, 0.4) is 0 Å². The first-order valence-electron chi connectivity index (χ1n) is 10.2. The standard InChI is InChI=1S/C23H27N5S/c1-4-5-13-27-22(21(26-23(27)29)20-10-6-7-12-25-20)19-14-16(2)28(17(19)3)18-9-8-11-24-15-18/h6-12,14-15,21-22H,4-5,13H2,1-3H3,(H,26,29)/t21-,22-/m0/s1. The molecule has 4 heterocycles. The molecule has 1 saturated heterocycles. The molecule has 1 N–H and O–H groups in total. The van der Waals surface area contributed by atoms with Gasteiger partial charge < -0.3 is 14.8 Å². The van der Waals surface area contributed by atoms with Gasteiger partial charge in [-0.05, 0) is 68.4 Å². The number of nitrogens with one attached hydrogen (secondary N) is 1. The zero-order valence-corrected chi connectivity index (χ0v) is 18.0. The van der Waals surface area contributed by atoms with Crippen LogP contribution in [0.4, 0.5) is 0 Å². The summed E-state index contributed by atoms with van der Waals surface area (Å²) in [6.45, 7) is 7.49. The van der Waals surface area contributed by atoms with Crippen LogP contribution in [-0.2, 0) is 0 Å². The molecule has 3 aromatic heterocycles. The molecule has 1 aliphatic heterocycles. The maximum Gasteiger partial charge on any atom is 0.170 e. The maximum atomic E-state index is 5.75. The normalized spacial score (nSPS) is 18.9. The molecule has 0 amide bonds. The Morgan fingerprint density at radius 2 is 2.00 bits per heavy atom. The number of nitrogens with zero attached hydrogens (tertiary/aromatic N) is 4. The SMILES string of the molecule is CCCCN1C(=S)N[C@@H](c2ccccn2)[C@@H]1c1cc(C)n(-c2cccnc2)c1C. The van der Waals surface area contributed by atoms with E-state index < -0.39 is 0 Å². The van der Waals surface area contributed by atoms with Crippen molar-refractivity contribution in [1.29, 1.82) is 0 Å². The van der Waals surface area contributed by atoms with Crippen LogP contribution in [0.25, 0.3) is 5.69 Å². The Labute approximate surface area is 177 Å². The average Bonchev–Trinajstić information content (AvgIpc) is 3.23. The second-order valence-corrected chi connectivity index (χ2v) is 7.93. The molecule has 150 valence electrons. The lowest BCUT2D eigenvalue weighted by molar-refractivity contribution is 0.312. The lowest BCUT2D eigenvalue weighted by atomic mass is 9.96. The van der Waals surface area contributed by atoms with Gasteiger partial charge in [0.15, 0.2) is 5.11 Å². The van der Waals surface area contributed by atoms with E-state index in [0.717, 1.165) is 35.9 Å². The highest BCUT2D eigenvalue weighted by atomic mass is 32.1. The molecule has 5 nitrogen and oxygen atoms in total. The van der Waals surface area contributed by atoms with Crippen LogP contribution >= 0.6 is 12.2 Å². The van der Waals surface area contributed by atoms with Crippen molar-refractivity contribution in [3.8, 4) is 5.69 Å². The topological polar surface area (TPSA) is 46.0 Å². The van der Waals surface area contributed by atoms with E-state index in [1.807, 2.05) is 36.8 Å². The first-order chi connectivity index (χ1) is 14.1. The molecule has 1 aliphatic rings. The summed E-state index contributed by atoms with van der Waals surface area (Å²) in [6, 6.07) is 12.6. The second kappa shape index (κ2) is 8.33. The fourth-order valence-electron chi connectivity index (χ4n) is 4.28. The molecule has 0 saturated carbocycles. The Morgan fingerprint density at radius 1 is 1.14 bits per heavy atom. The molecule has 0 radical (unpaired) electrons. The molecule has 6 heteroatoms. The first kappa shape index (κ1) is 19.6. The Bertz CT molecular complexity index is 983. The summed E-state index contributed by atoms with van der Waals surface area (Å²) in [5.41, 5.74) is 5.79. The van der Waals surface area contributed by atoms with Gasteiger partial charge in [-0.1, -0.05) is 19.4 Å². The summed E-state index contributed by atoms with van der Waals surface area (Å²) < 4.78 is 2.27. The van der Waals surface area contributed by atoms with Crippen LogP contribution < -0.4 is 5.32 Å². The number of pyridine rings is 2. The van der Waals surface area contributed by atoms with E-state index in [-0.39, 0.29) is 12.1 Å². The zero-order valence-electron chi connectivity index (χ0n) is 17.2. The van der Waals surface area contributed by atoms with E-state index in [4.69, 9.17) is 12.2 Å². The smallest absolute Gasteiger partial charge is 0.170 e. The zero-order chi connectivity index (χ0) is 20.4. The fourth-order valence-corrected chi connectivity index (χ4v) is 4.62. The van der Waals surface area contributed by atoms with Crippen molar-refractivity contribution in [3.63, 3.8) is 0 Å². The van der Waals surface area contributed by atoms with Crippen molar-refractivity contribution in [2.45, 2.75) is 45.7 Å². The van der Waals surface area contributed by atoms with Crippen molar-refractivity contribution >= 4 is 17.3 Å². The molecule has 3 aromatic rings. The summed E-state index contributed by atoms with van der Waals surface area (Å²) >= 11 is 5.75. The van der Waals surface area contributed by atoms with Crippen LogP contribution in [0.2, 0.25) is 0 Å². The van der Waals surface area contributed by atoms with E-state index in [9.17, 15) is 0 Å². The van der Waals surface area contributed by atoms with Crippen LogP contribution in [0.15, 0.2) is 55.0 Å². The number of hydrogen-bond acceptors (Lipinski definition) is 3. The minimum atomic E-state index is 0.0309. The van der Waals surface area contributed by atoms with Crippen LogP contribution in [0.5, 0.6) is 0 Å². The van der Waals surface area contributed by atoms with Crippen molar-refractivity contribution in [2.24, 2.45) is 0 Å². The van der Waals surface area contributed by atoms with Gasteiger partial charge in [-0.15, -0.1) is 0 Å². The molecule has 0 bridgehead atoms.